The van der Waals surface area contributed by atoms with E-state index in [9.17, 15) is 9.90 Å². The van der Waals surface area contributed by atoms with Crippen molar-refractivity contribution in [2.75, 3.05) is 6.54 Å². The van der Waals surface area contributed by atoms with Gasteiger partial charge in [-0.2, -0.15) is 0 Å². The molecule has 3 nitrogen and oxygen atoms in total. The highest BCUT2D eigenvalue weighted by Gasteiger charge is 2.25. The maximum absolute atomic E-state index is 12.5. The standard InChI is InChI=1S/C19H21NO2S/c21-17-11-6-7-14(17)13-20-19(22)16-10-4-5-12-18(16)23-15-8-2-1-3-9-15/h1-5,8-10,12,14,17,21H,6-7,11,13H2,(H,20,22). The van der Waals surface area contributed by atoms with E-state index in [0.717, 1.165) is 29.1 Å². The van der Waals surface area contributed by atoms with E-state index >= 15 is 0 Å². The van der Waals surface area contributed by atoms with E-state index in [-0.39, 0.29) is 17.9 Å². The molecule has 0 spiro atoms. The smallest absolute Gasteiger partial charge is 0.252 e. The second-order valence-electron chi connectivity index (χ2n) is 5.88. The van der Waals surface area contributed by atoms with Gasteiger partial charge in [0.1, 0.15) is 0 Å². The maximum Gasteiger partial charge on any atom is 0.252 e. The second-order valence-corrected chi connectivity index (χ2v) is 6.99. The summed E-state index contributed by atoms with van der Waals surface area (Å²) in [4.78, 5) is 14.6. The van der Waals surface area contributed by atoms with Gasteiger partial charge in [0.25, 0.3) is 5.91 Å². The first-order valence-electron chi connectivity index (χ1n) is 8.02. The average Bonchev–Trinajstić information content (AvgIpc) is 2.99. The van der Waals surface area contributed by atoms with Crippen molar-refractivity contribution in [3.63, 3.8) is 0 Å². The third kappa shape index (κ3) is 4.15. The van der Waals surface area contributed by atoms with Gasteiger partial charge >= 0.3 is 0 Å². The minimum atomic E-state index is -0.274. The van der Waals surface area contributed by atoms with Crippen LogP contribution in [0.3, 0.4) is 0 Å². The van der Waals surface area contributed by atoms with Crippen LogP contribution in [-0.2, 0) is 0 Å². The van der Waals surface area contributed by atoms with E-state index in [1.807, 2.05) is 54.6 Å². The molecular formula is C19H21NO2S. The summed E-state index contributed by atoms with van der Waals surface area (Å²) in [6.07, 6.45) is 2.61. The normalized spacial score (nSPS) is 20.4. The quantitative estimate of drug-likeness (QED) is 0.880. The van der Waals surface area contributed by atoms with Crippen LogP contribution in [0, 0.1) is 5.92 Å². The van der Waals surface area contributed by atoms with Crippen molar-refractivity contribution in [3.05, 3.63) is 60.2 Å². The Balaban J connectivity index is 1.68. The van der Waals surface area contributed by atoms with Crippen LogP contribution in [0.4, 0.5) is 0 Å². The Hall–Kier alpha value is -1.78. The molecule has 1 aliphatic carbocycles. The molecule has 1 aliphatic rings. The molecule has 4 heteroatoms. The van der Waals surface area contributed by atoms with Crippen LogP contribution in [0.1, 0.15) is 29.6 Å². The van der Waals surface area contributed by atoms with Crippen LogP contribution in [0.25, 0.3) is 0 Å². The van der Waals surface area contributed by atoms with Crippen molar-refractivity contribution in [3.8, 4) is 0 Å². The van der Waals surface area contributed by atoms with E-state index in [0.29, 0.717) is 12.1 Å². The largest absolute Gasteiger partial charge is 0.393 e. The predicted molar refractivity (Wildman–Crippen MR) is 92.7 cm³/mol. The zero-order valence-electron chi connectivity index (χ0n) is 12.9. The number of rotatable bonds is 5. The van der Waals surface area contributed by atoms with Gasteiger partial charge in [-0.25, -0.2) is 0 Å². The molecule has 2 N–H and O–H groups in total. The van der Waals surface area contributed by atoms with Gasteiger partial charge in [0.05, 0.1) is 11.7 Å². The Morgan fingerprint density at radius 3 is 2.57 bits per heavy atom. The van der Waals surface area contributed by atoms with Crippen LogP contribution in [0.2, 0.25) is 0 Å². The monoisotopic (exact) mass is 327 g/mol. The van der Waals surface area contributed by atoms with Crippen LogP contribution >= 0.6 is 11.8 Å². The number of aliphatic hydroxyl groups excluding tert-OH is 1. The summed E-state index contributed by atoms with van der Waals surface area (Å²) in [5.41, 5.74) is 0.689. The fraction of sp³-hybridized carbons (Fsp3) is 0.316. The van der Waals surface area contributed by atoms with Gasteiger partial charge < -0.3 is 10.4 Å². The minimum absolute atomic E-state index is 0.0665. The van der Waals surface area contributed by atoms with Crippen LogP contribution in [-0.4, -0.2) is 23.7 Å². The highest BCUT2D eigenvalue weighted by Crippen LogP contribution is 2.30. The first kappa shape index (κ1) is 16.1. The topological polar surface area (TPSA) is 49.3 Å². The lowest BCUT2D eigenvalue weighted by atomic mass is 10.1. The zero-order chi connectivity index (χ0) is 16.1. The van der Waals surface area contributed by atoms with Gasteiger partial charge in [-0.15, -0.1) is 0 Å². The first-order valence-corrected chi connectivity index (χ1v) is 8.84. The molecule has 0 aliphatic heterocycles. The summed E-state index contributed by atoms with van der Waals surface area (Å²) >= 11 is 1.59. The minimum Gasteiger partial charge on any atom is -0.393 e. The molecule has 0 aromatic heterocycles. The van der Waals surface area contributed by atoms with Gasteiger partial charge in [-0.1, -0.05) is 48.5 Å². The van der Waals surface area contributed by atoms with Crippen molar-refractivity contribution in [2.24, 2.45) is 5.92 Å². The van der Waals surface area contributed by atoms with E-state index in [2.05, 4.69) is 5.32 Å². The Morgan fingerprint density at radius 1 is 1.09 bits per heavy atom. The first-order chi connectivity index (χ1) is 11.2. The van der Waals surface area contributed by atoms with Gasteiger partial charge in [0, 0.05) is 22.3 Å². The number of carbonyl (C=O) groups excluding carboxylic acids is 1. The molecule has 0 bridgehead atoms. The molecule has 3 rings (SSSR count). The van der Waals surface area contributed by atoms with Crippen LogP contribution in [0.5, 0.6) is 0 Å². The summed E-state index contributed by atoms with van der Waals surface area (Å²) in [6, 6.07) is 17.7. The van der Waals surface area contributed by atoms with Crippen LogP contribution < -0.4 is 5.32 Å². The zero-order valence-corrected chi connectivity index (χ0v) is 13.8. The van der Waals surface area contributed by atoms with Crippen molar-refractivity contribution in [1.29, 1.82) is 0 Å². The second kappa shape index (κ2) is 7.66. The van der Waals surface area contributed by atoms with Gasteiger partial charge in [-0.05, 0) is 37.1 Å². The summed E-state index contributed by atoms with van der Waals surface area (Å²) in [7, 11) is 0. The van der Waals surface area contributed by atoms with E-state index < -0.39 is 0 Å². The molecule has 2 atom stereocenters. The SMILES string of the molecule is O=C(NCC1CCCC1O)c1ccccc1Sc1ccccc1. The number of amides is 1. The van der Waals surface area contributed by atoms with Gasteiger partial charge in [-0.3, -0.25) is 4.79 Å². The molecule has 1 fully saturated rings. The Bertz CT molecular complexity index is 659. The number of hydrogen-bond donors (Lipinski definition) is 2. The molecule has 120 valence electrons. The number of aliphatic hydroxyl groups is 1. The lowest BCUT2D eigenvalue weighted by molar-refractivity contribution is 0.0914. The number of benzene rings is 2. The highest BCUT2D eigenvalue weighted by atomic mass is 32.2. The predicted octanol–water partition coefficient (Wildman–Crippen LogP) is 3.73. The molecule has 0 saturated heterocycles. The molecule has 23 heavy (non-hydrogen) atoms. The van der Waals surface area contributed by atoms with Crippen molar-refractivity contribution >= 4 is 17.7 Å². The molecule has 1 saturated carbocycles. The Morgan fingerprint density at radius 2 is 1.83 bits per heavy atom. The third-order valence-corrected chi connectivity index (χ3v) is 5.33. The molecular weight excluding hydrogens is 306 g/mol. The molecule has 1 amide bonds. The summed E-state index contributed by atoms with van der Waals surface area (Å²) in [6.45, 7) is 0.546. The molecule has 2 aromatic carbocycles. The van der Waals surface area contributed by atoms with E-state index in [4.69, 9.17) is 0 Å². The van der Waals surface area contributed by atoms with Gasteiger partial charge in [0.2, 0.25) is 0 Å². The molecule has 2 aromatic rings. The van der Waals surface area contributed by atoms with Crippen molar-refractivity contribution < 1.29 is 9.90 Å². The van der Waals surface area contributed by atoms with E-state index in [1.165, 1.54) is 0 Å². The van der Waals surface area contributed by atoms with Crippen LogP contribution in [0.15, 0.2) is 64.4 Å². The lowest BCUT2D eigenvalue weighted by Crippen LogP contribution is -2.32. The molecule has 0 radical (unpaired) electrons. The Kier molecular flexibility index (Phi) is 5.36. The fourth-order valence-corrected chi connectivity index (χ4v) is 3.90. The summed E-state index contributed by atoms with van der Waals surface area (Å²) in [5, 5.41) is 12.9. The van der Waals surface area contributed by atoms with Crippen molar-refractivity contribution in [2.45, 2.75) is 35.2 Å². The third-order valence-electron chi connectivity index (χ3n) is 4.25. The summed E-state index contributed by atoms with van der Waals surface area (Å²) < 4.78 is 0. The lowest BCUT2D eigenvalue weighted by Gasteiger charge is -2.16. The molecule has 0 heterocycles. The molecule has 2 unspecified atom stereocenters. The number of nitrogens with one attached hydrogen (secondary N) is 1. The van der Waals surface area contributed by atoms with E-state index in [1.54, 1.807) is 11.8 Å². The highest BCUT2D eigenvalue weighted by molar-refractivity contribution is 7.99. The maximum atomic E-state index is 12.5. The van der Waals surface area contributed by atoms with Crippen molar-refractivity contribution in [1.82, 2.24) is 5.32 Å². The van der Waals surface area contributed by atoms with Gasteiger partial charge in [0.15, 0.2) is 0 Å². The number of hydrogen-bond acceptors (Lipinski definition) is 3. The number of carbonyl (C=O) groups is 1. The Labute approximate surface area is 141 Å². The summed E-state index contributed by atoms with van der Waals surface area (Å²) in [5.74, 6) is 0.121. The average molecular weight is 327 g/mol. The fourth-order valence-electron chi connectivity index (χ4n) is 2.93.